The van der Waals surface area contributed by atoms with Crippen LogP contribution in [0.5, 0.6) is 0 Å². The Hall–Kier alpha value is -2.82. The molecule has 0 aliphatic rings. The predicted molar refractivity (Wildman–Crippen MR) is 81.5 cm³/mol. The second-order valence-electron chi connectivity index (χ2n) is 5.14. The smallest absolute Gasteiger partial charge is 0.270 e. The van der Waals surface area contributed by atoms with Crippen LogP contribution in [-0.4, -0.2) is 15.8 Å². The fourth-order valence-corrected chi connectivity index (χ4v) is 2.24. The Morgan fingerprint density at radius 2 is 1.91 bits per heavy atom. The van der Waals surface area contributed by atoms with Gasteiger partial charge in [-0.3, -0.25) is 9.59 Å². The quantitative estimate of drug-likeness (QED) is 0.756. The summed E-state index contributed by atoms with van der Waals surface area (Å²) in [6.07, 6.45) is -0.120. The number of carbonyl (C=O) groups is 1. The Balaban J connectivity index is 1.96. The first-order valence-corrected chi connectivity index (χ1v) is 6.81. The third kappa shape index (κ3) is 2.79. The first kappa shape index (κ1) is 14.1. The molecule has 1 aromatic heterocycles. The number of halogens is 1. The molecule has 0 saturated heterocycles. The van der Waals surface area contributed by atoms with Crippen molar-refractivity contribution < 1.29 is 9.18 Å². The van der Waals surface area contributed by atoms with E-state index in [9.17, 15) is 14.0 Å². The molecule has 0 atom stereocenters. The highest BCUT2D eigenvalue weighted by Gasteiger charge is 2.12. The summed E-state index contributed by atoms with van der Waals surface area (Å²) in [5.41, 5.74) is 2.42. The molecule has 0 amide bonds. The molecule has 22 heavy (non-hydrogen) atoms. The molecule has 0 unspecified atom stereocenters. The monoisotopic (exact) mass is 296 g/mol. The lowest BCUT2D eigenvalue weighted by Gasteiger charge is -2.03. The van der Waals surface area contributed by atoms with Crippen LogP contribution in [0.3, 0.4) is 0 Å². The highest BCUT2D eigenvalue weighted by molar-refractivity contribution is 5.97. The van der Waals surface area contributed by atoms with Crippen LogP contribution in [0.15, 0.2) is 47.3 Å². The van der Waals surface area contributed by atoms with Gasteiger partial charge in [0.15, 0.2) is 5.78 Å². The minimum Gasteiger partial charge on any atom is -0.319 e. The second-order valence-corrected chi connectivity index (χ2v) is 5.14. The molecule has 110 valence electrons. The number of aromatic nitrogens is 2. The molecule has 0 aliphatic heterocycles. The Kier molecular flexibility index (Phi) is 3.55. The summed E-state index contributed by atoms with van der Waals surface area (Å²) in [5, 5.41) is 0. The fraction of sp³-hybridized carbons (Fsp3) is 0.118. The number of benzene rings is 2. The number of H-pyrrole nitrogens is 1. The number of carbonyl (C=O) groups excluding carboxylic acids is 1. The summed E-state index contributed by atoms with van der Waals surface area (Å²) in [6, 6.07) is 10.7. The highest BCUT2D eigenvalue weighted by Crippen LogP contribution is 2.11. The van der Waals surface area contributed by atoms with Gasteiger partial charge in [-0.25, -0.2) is 9.37 Å². The van der Waals surface area contributed by atoms with Crippen molar-refractivity contribution in [1.82, 2.24) is 9.97 Å². The Bertz CT molecular complexity index is 914. The summed E-state index contributed by atoms with van der Waals surface area (Å²) in [6.45, 7) is 1.93. The summed E-state index contributed by atoms with van der Waals surface area (Å²) < 4.78 is 12.9. The lowest BCUT2D eigenvalue weighted by molar-refractivity contribution is 0.0991. The molecular weight excluding hydrogens is 283 g/mol. The number of nitrogens with one attached hydrogen (secondary N) is 1. The molecule has 5 heteroatoms. The Morgan fingerprint density at radius 1 is 1.18 bits per heavy atom. The SMILES string of the molecule is Cc1ccc2[nH]c(=O)c(CC(=O)c3ccc(F)cc3)nc2c1. The molecular formula is C17H13FN2O2. The van der Waals surface area contributed by atoms with E-state index in [4.69, 9.17) is 0 Å². The highest BCUT2D eigenvalue weighted by atomic mass is 19.1. The normalized spacial score (nSPS) is 10.8. The van der Waals surface area contributed by atoms with Gasteiger partial charge in [-0.05, 0) is 48.9 Å². The van der Waals surface area contributed by atoms with Gasteiger partial charge in [-0.15, -0.1) is 0 Å². The van der Waals surface area contributed by atoms with Crippen LogP contribution in [0.25, 0.3) is 11.0 Å². The zero-order chi connectivity index (χ0) is 15.7. The van der Waals surface area contributed by atoms with Crippen molar-refractivity contribution in [2.24, 2.45) is 0 Å². The summed E-state index contributed by atoms with van der Waals surface area (Å²) in [7, 11) is 0. The van der Waals surface area contributed by atoms with E-state index in [1.165, 1.54) is 24.3 Å². The van der Waals surface area contributed by atoms with Crippen molar-refractivity contribution in [3.63, 3.8) is 0 Å². The van der Waals surface area contributed by atoms with Crippen LogP contribution in [0.4, 0.5) is 4.39 Å². The first-order valence-electron chi connectivity index (χ1n) is 6.81. The van der Waals surface area contributed by atoms with Crippen LogP contribution in [-0.2, 0) is 6.42 Å². The summed E-state index contributed by atoms with van der Waals surface area (Å²) in [4.78, 5) is 31.2. The van der Waals surface area contributed by atoms with Crippen molar-refractivity contribution in [3.8, 4) is 0 Å². The van der Waals surface area contributed by atoms with E-state index < -0.39 is 5.82 Å². The molecule has 1 N–H and O–H groups in total. The molecule has 0 spiro atoms. The van der Waals surface area contributed by atoms with Crippen LogP contribution in [0.1, 0.15) is 21.6 Å². The van der Waals surface area contributed by atoms with E-state index in [0.29, 0.717) is 16.6 Å². The number of fused-ring (bicyclic) bond motifs is 1. The third-order valence-corrected chi connectivity index (χ3v) is 3.41. The Morgan fingerprint density at radius 3 is 2.64 bits per heavy atom. The second kappa shape index (κ2) is 5.52. The van der Waals surface area contributed by atoms with Gasteiger partial charge in [-0.1, -0.05) is 6.07 Å². The van der Waals surface area contributed by atoms with E-state index in [-0.39, 0.29) is 23.5 Å². The largest absolute Gasteiger partial charge is 0.319 e. The van der Waals surface area contributed by atoms with Crippen molar-refractivity contribution in [3.05, 3.63) is 75.5 Å². The molecule has 2 aromatic carbocycles. The number of ketones is 1. The molecule has 4 nitrogen and oxygen atoms in total. The standard InChI is InChI=1S/C17H13FN2O2/c1-10-2-7-13-14(8-10)19-15(17(22)20-13)9-16(21)11-3-5-12(18)6-4-11/h2-8H,9H2,1H3,(H,20,22). The van der Waals surface area contributed by atoms with Crippen LogP contribution in [0, 0.1) is 12.7 Å². The number of nitrogens with zero attached hydrogens (tertiary/aromatic N) is 1. The van der Waals surface area contributed by atoms with Gasteiger partial charge in [0.05, 0.1) is 17.5 Å². The third-order valence-electron chi connectivity index (χ3n) is 3.41. The maximum absolute atomic E-state index is 12.9. The molecule has 0 fully saturated rings. The van der Waals surface area contributed by atoms with Gasteiger partial charge >= 0.3 is 0 Å². The van der Waals surface area contributed by atoms with E-state index >= 15 is 0 Å². The number of aryl methyl sites for hydroxylation is 1. The molecule has 1 heterocycles. The molecule has 0 saturated carbocycles. The molecule has 3 rings (SSSR count). The number of hydrogen-bond donors (Lipinski definition) is 1. The van der Waals surface area contributed by atoms with Gasteiger partial charge in [0.25, 0.3) is 5.56 Å². The Labute approximate surface area is 125 Å². The molecule has 3 aromatic rings. The fourth-order valence-electron chi connectivity index (χ4n) is 2.24. The van der Waals surface area contributed by atoms with Crippen LogP contribution < -0.4 is 5.56 Å². The van der Waals surface area contributed by atoms with E-state index in [2.05, 4.69) is 9.97 Å². The molecule has 0 radical (unpaired) electrons. The summed E-state index contributed by atoms with van der Waals surface area (Å²) in [5.74, 6) is -0.682. The van der Waals surface area contributed by atoms with E-state index in [1.54, 1.807) is 6.07 Å². The average molecular weight is 296 g/mol. The number of Topliss-reactive ketones (excluding diaryl/α,β-unsaturated/α-hetero) is 1. The predicted octanol–water partition coefficient (Wildman–Crippen LogP) is 2.80. The van der Waals surface area contributed by atoms with Gasteiger partial charge in [-0.2, -0.15) is 0 Å². The molecule has 0 aliphatic carbocycles. The zero-order valence-electron chi connectivity index (χ0n) is 11.9. The topological polar surface area (TPSA) is 62.8 Å². The number of aromatic amines is 1. The van der Waals surface area contributed by atoms with Gasteiger partial charge in [0.2, 0.25) is 0 Å². The average Bonchev–Trinajstić information content (AvgIpc) is 2.49. The van der Waals surface area contributed by atoms with Crippen molar-refractivity contribution >= 4 is 16.8 Å². The minimum absolute atomic E-state index is 0.120. The van der Waals surface area contributed by atoms with Gasteiger partial charge in [0, 0.05) is 5.56 Å². The minimum atomic E-state index is -0.409. The lowest BCUT2D eigenvalue weighted by atomic mass is 10.1. The molecule has 0 bridgehead atoms. The van der Waals surface area contributed by atoms with Crippen LogP contribution in [0.2, 0.25) is 0 Å². The zero-order valence-corrected chi connectivity index (χ0v) is 11.9. The van der Waals surface area contributed by atoms with Crippen molar-refractivity contribution in [1.29, 1.82) is 0 Å². The number of rotatable bonds is 3. The number of hydrogen-bond acceptors (Lipinski definition) is 3. The lowest BCUT2D eigenvalue weighted by Crippen LogP contribution is -2.19. The summed E-state index contributed by atoms with van der Waals surface area (Å²) >= 11 is 0. The van der Waals surface area contributed by atoms with Crippen molar-refractivity contribution in [2.75, 3.05) is 0 Å². The van der Waals surface area contributed by atoms with Crippen LogP contribution >= 0.6 is 0 Å². The maximum Gasteiger partial charge on any atom is 0.270 e. The van der Waals surface area contributed by atoms with Gasteiger partial charge < -0.3 is 4.98 Å². The first-order chi connectivity index (χ1) is 10.5. The maximum atomic E-state index is 12.9. The van der Waals surface area contributed by atoms with E-state index in [1.807, 2.05) is 19.1 Å². The van der Waals surface area contributed by atoms with E-state index in [0.717, 1.165) is 5.56 Å². The van der Waals surface area contributed by atoms with Crippen molar-refractivity contribution in [2.45, 2.75) is 13.3 Å². The van der Waals surface area contributed by atoms with Gasteiger partial charge in [0.1, 0.15) is 11.5 Å².